The Labute approximate surface area is 99.3 Å². The molecule has 0 amide bonds. The Morgan fingerprint density at radius 1 is 1.18 bits per heavy atom. The molecule has 1 N–H and O–H groups in total. The molecule has 82 valence electrons. The van der Waals surface area contributed by atoms with Crippen LogP contribution in [0.4, 0.5) is 0 Å². The molecule has 1 aromatic carbocycles. The number of nitrogens with one attached hydrogen (secondary N) is 1. The lowest BCUT2D eigenvalue weighted by molar-refractivity contribution is 0.540. The van der Waals surface area contributed by atoms with Crippen LogP contribution in [-0.2, 0) is 11.8 Å². The number of rotatable bonds is 0. The number of aromatic nitrogens is 1. The van der Waals surface area contributed by atoms with E-state index < -0.39 is 5.41 Å². The molecule has 0 bridgehead atoms. The zero-order chi connectivity index (χ0) is 11.9. The van der Waals surface area contributed by atoms with Gasteiger partial charge in [-0.15, -0.1) is 0 Å². The van der Waals surface area contributed by atoms with E-state index in [9.17, 15) is 10.5 Å². The molecule has 17 heavy (non-hydrogen) atoms. The fourth-order valence-corrected chi connectivity index (χ4v) is 2.73. The Hall–Kier alpha value is -2.26. The van der Waals surface area contributed by atoms with Crippen molar-refractivity contribution in [3.8, 4) is 12.1 Å². The summed E-state index contributed by atoms with van der Waals surface area (Å²) in [6.45, 7) is 0. The van der Waals surface area contributed by atoms with Crippen molar-refractivity contribution in [2.24, 2.45) is 0 Å². The van der Waals surface area contributed by atoms with Crippen LogP contribution in [0, 0.1) is 22.7 Å². The number of hydrogen-bond acceptors (Lipinski definition) is 2. The molecule has 0 radical (unpaired) electrons. The lowest BCUT2D eigenvalue weighted by Gasteiger charge is -2.24. The van der Waals surface area contributed by atoms with Crippen LogP contribution in [-0.4, -0.2) is 4.98 Å². The van der Waals surface area contributed by atoms with Crippen LogP contribution < -0.4 is 0 Å². The maximum absolute atomic E-state index is 9.32. The maximum atomic E-state index is 9.32. The smallest absolute Gasteiger partial charge is 0.183 e. The number of para-hydroxylation sites is 1. The second-order valence-corrected chi connectivity index (χ2v) is 4.51. The van der Waals surface area contributed by atoms with E-state index in [4.69, 9.17) is 0 Å². The molecule has 1 aliphatic rings. The zero-order valence-corrected chi connectivity index (χ0v) is 9.33. The monoisotopic (exact) mass is 221 g/mol. The standard InChI is InChI=1S/C14H11N3/c15-8-14(9-16)7-3-5-11-10-4-1-2-6-12(10)17-13(11)14/h1-2,4,6,17H,3,5,7H2. The van der Waals surface area contributed by atoms with Crippen LogP contribution in [0.3, 0.4) is 0 Å². The van der Waals surface area contributed by atoms with Crippen molar-refractivity contribution in [3.63, 3.8) is 0 Å². The predicted octanol–water partition coefficient (Wildman–Crippen LogP) is 2.79. The highest BCUT2D eigenvalue weighted by Gasteiger charge is 2.39. The first-order valence-corrected chi connectivity index (χ1v) is 5.73. The molecular formula is C14H11N3. The molecule has 0 spiro atoms. The summed E-state index contributed by atoms with van der Waals surface area (Å²) < 4.78 is 0. The molecule has 3 rings (SSSR count). The fourth-order valence-electron chi connectivity index (χ4n) is 2.73. The molecule has 0 fully saturated rings. The van der Waals surface area contributed by atoms with Crippen molar-refractivity contribution in [1.29, 1.82) is 10.5 Å². The number of aromatic amines is 1. The summed E-state index contributed by atoms with van der Waals surface area (Å²) >= 11 is 0. The van der Waals surface area contributed by atoms with Crippen molar-refractivity contribution < 1.29 is 0 Å². The van der Waals surface area contributed by atoms with Gasteiger partial charge in [0, 0.05) is 10.9 Å². The van der Waals surface area contributed by atoms with Gasteiger partial charge in [0.25, 0.3) is 0 Å². The van der Waals surface area contributed by atoms with Crippen molar-refractivity contribution >= 4 is 10.9 Å². The average Bonchev–Trinajstić information content (AvgIpc) is 2.77. The Kier molecular flexibility index (Phi) is 1.97. The first-order valence-electron chi connectivity index (χ1n) is 5.73. The molecule has 1 aromatic heterocycles. The first kappa shape index (κ1) is 9.93. The summed E-state index contributed by atoms with van der Waals surface area (Å²) in [6.07, 6.45) is 2.47. The molecule has 0 saturated heterocycles. The number of fused-ring (bicyclic) bond motifs is 3. The van der Waals surface area contributed by atoms with E-state index >= 15 is 0 Å². The lowest BCUT2D eigenvalue weighted by Crippen LogP contribution is -2.27. The summed E-state index contributed by atoms with van der Waals surface area (Å²) in [5, 5.41) is 19.8. The molecule has 1 aliphatic carbocycles. The molecule has 0 saturated carbocycles. The maximum Gasteiger partial charge on any atom is 0.183 e. The number of hydrogen-bond donors (Lipinski definition) is 1. The van der Waals surface area contributed by atoms with Gasteiger partial charge in [0.15, 0.2) is 5.41 Å². The Morgan fingerprint density at radius 2 is 1.94 bits per heavy atom. The number of nitrogens with zero attached hydrogens (tertiary/aromatic N) is 2. The first-order chi connectivity index (χ1) is 8.30. The molecular weight excluding hydrogens is 210 g/mol. The van der Waals surface area contributed by atoms with E-state index in [1.54, 1.807) is 0 Å². The third-order valence-corrected chi connectivity index (χ3v) is 3.60. The van der Waals surface area contributed by atoms with Crippen molar-refractivity contribution in [2.45, 2.75) is 24.7 Å². The number of H-pyrrole nitrogens is 1. The number of benzene rings is 1. The van der Waals surface area contributed by atoms with Gasteiger partial charge in [-0.3, -0.25) is 0 Å². The summed E-state index contributed by atoms with van der Waals surface area (Å²) in [5.74, 6) is 0. The Bertz CT molecular complexity index is 653. The molecule has 3 heteroatoms. The highest BCUT2D eigenvalue weighted by atomic mass is 14.8. The number of nitriles is 2. The van der Waals surface area contributed by atoms with Gasteiger partial charge in [0.1, 0.15) is 0 Å². The van der Waals surface area contributed by atoms with E-state index in [1.165, 1.54) is 0 Å². The topological polar surface area (TPSA) is 63.4 Å². The normalized spacial score (nSPS) is 17.1. The molecule has 3 nitrogen and oxygen atoms in total. The van der Waals surface area contributed by atoms with E-state index in [-0.39, 0.29) is 0 Å². The molecule has 0 atom stereocenters. The van der Waals surface area contributed by atoms with Crippen LogP contribution in [0.25, 0.3) is 10.9 Å². The summed E-state index contributed by atoms with van der Waals surface area (Å²) in [7, 11) is 0. The predicted molar refractivity (Wildman–Crippen MR) is 64.1 cm³/mol. The average molecular weight is 221 g/mol. The van der Waals surface area contributed by atoms with Crippen LogP contribution in [0.15, 0.2) is 24.3 Å². The van der Waals surface area contributed by atoms with Gasteiger partial charge < -0.3 is 4.98 Å². The van der Waals surface area contributed by atoms with Crippen molar-refractivity contribution in [2.75, 3.05) is 0 Å². The fraction of sp³-hybridized carbons (Fsp3) is 0.286. The minimum absolute atomic E-state index is 0.625. The Morgan fingerprint density at radius 3 is 2.71 bits per heavy atom. The van der Waals surface area contributed by atoms with Gasteiger partial charge in [0.05, 0.1) is 17.8 Å². The quantitative estimate of drug-likeness (QED) is 0.743. The van der Waals surface area contributed by atoms with E-state index in [2.05, 4.69) is 23.2 Å². The largest absolute Gasteiger partial charge is 0.356 e. The highest BCUT2D eigenvalue weighted by Crippen LogP contribution is 2.39. The minimum Gasteiger partial charge on any atom is -0.356 e. The van der Waals surface area contributed by atoms with Crippen molar-refractivity contribution in [1.82, 2.24) is 4.98 Å². The van der Waals surface area contributed by atoms with Gasteiger partial charge in [-0.25, -0.2) is 0 Å². The second-order valence-electron chi connectivity index (χ2n) is 4.51. The summed E-state index contributed by atoms with van der Waals surface area (Å²) in [5.41, 5.74) is 2.01. The Balaban J connectivity index is 2.37. The SMILES string of the molecule is N#CC1(C#N)CCCc2c1[nH]c1ccccc21. The van der Waals surface area contributed by atoms with Crippen LogP contribution in [0.1, 0.15) is 24.1 Å². The van der Waals surface area contributed by atoms with Crippen molar-refractivity contribution in [3.05, 3.63) is 35.5 Å². The molecule has 0 aliphatic heterocycles. The van der Waals surface area contributed by atoms with Crippen LogP contribution >= 0.6 is 0 Å². The van der Waals surface area contributed by atoms with Gasteiger partial charge >= 0.3 is 0 Å². The minimum atomic E-state index is -0.980. The van der Waals surface area contributed by atoms with Gasteiger partial charge in [0.2, 0.25) is 0 Å². The highest BCUT2D eigenvalue weighted by molar-refractivity contribution is 5.86. The van der Waals surface area contributed by atoms with Gasteiger partial charge in [-0.2, -0.15) is 10.5 Å². The third-order valence-electron chi connectivity index (χ3n) is 3.60. The molecule has 1 heterocycles. The van der Waals surface area contributed by atoms with E-state index in [0.29, 0.717) is 6.42 Å². The molecule has 0 unspecified atom stereocenters. The number of aryl methyl sites for hydroxylation is 1. The second kappa shape index (κ2) is 3.37. The third kappa shape index (κ3) is 1.20. The van der Waals surface area contributed by atoms with Crippen LogP contribution in [0.2, 0.25) is 0 Å². The van der Waals surface area contributed by atoms with Gasteiger partial charge in [-0.05, 0) is 30.9 Å². The lowest BCUT2D eigenvalue weighted by atomic mass is 9.75. The summed E-state index contributed by atoms with van der Waals surface area (Å²) in [6, 6.07) is 12.4. The van der Waals surface area contributed by atoms with Gasteiger partial charge in [-0.1, -0.05) is 18.2 Å². The zero-order valence-electron chi connectivity index (χ0n) is 9.33. The van der Waals surface area contributed by atoms with Crippen LogP contribution in [0.5, 0.6) is 0 Å². The summed E-state index contributed by atoms with van der Waals surface area (Å²) in [4.78, 5) is 3.26. The molecule has 2 aromatic rings. The van der Waals surface area contributed by atoms with E-state index in [0.717, 1.165) is 35.0 Å². The van der Waals surface area contributed by atoms with E-state index in [1.807, 2.05) is 18.2 Å².